The van der Waals surface area contributed by atoms with Gasteiger partial charge >= 0.3 is 6.36 Å². The molecule has 3 nitrogen and oxygen atoms in total. The zero-order chi connectivity index (χ0) is 7.61. The topological polar surface area (TPSA) is 34.0 Å². The first-order valence-corrected chi connectivity index (χ1v) is 2.39. The molecule has 0 bridgehead atoms. The number of nitrogens with zero attached hydrogens (tertiary/aromatic N) is 2. The molecule has 0 N–H and O–H groups in total. The molecule has 1 rings (SSSR count). The maximum absolute atomic E-state index is 11.4. The second-order valence-corrected chi connectivity index (χ2v) is 1.56. The minimum absolute atomic E-state index is 0.125. The Morgan fingerprint density at radius 1 is 1.50 bits per heavy atom. The molecule has 56 valence electrons. The monoisotopic (exact) mass is 152 g/mol. The number of ether oxygens (including phenoxy) is 1. The highest BCUT2D eigenvalue weighted by molar-refractivity contribution is 4.97. The largest absolute Gasteiger partial charge is 0.572 e. The van der Waals surface area contributed by atoms with Crippen molar-refractivity contribution in [2.24, 2.45) is 10.2 Å². The van der Waals surface area contributed by atoms with Crippen molar-refractivity contribution in [3.63, 3.8) is 0 Å². The average molecular weight is 152 g/mol. The van der Waals surface area contributed by atoms with Gasteiger partial charge in [-0.3, -0.25) is 0 Å². The SMILES string of the molecule is FC(F)(F)OC1=CN=NC1. The average Bonchev–Trinajstić information content (AvgIpc) is 2.12. The predicted molar refractivity (Wildman–Crippen MR) is 24.9 cm³/mol. The Kier molecular flexibility index (Phi) is 1.60. The van der Waals surface area contributed by atoms with Crippen LogP contribution >= 0.6 is 0 Å². The van der Waals surface area contributed by atoms with Crippen molar-refractivity contribution in [2.75, 3.05) is 6.54 Å². The summed E-state index contributed by atoms with van der Waals surface area (Å²) < 4.78 is 37.6. The van der Waals surface area contributed by atoms with Crippen LogP contribution < -0.4 is 0 Å². The summed E-state index contributed by atoms with van der Waals surface area (Å²) in [6, 6.07) is 0. The van der Waals surface area contributed by atoms with Gasteiger partial charge < -0.3 is 4.74 Å². The van der Waals surface area contributed by atoms with Gasteiger partial charge in [0.15, 0.2) is 0 Å². The Hall–Kier alpha value is -1.07. The van der Waals surface area contributed by atoms with Gasteiger partial charge in [-0.1, -0.05) is 0 Å². The highest BCUT2D eigenvalue weighted by Gasteiger charge is 2.32. The van der Waals surface area contributed by atoms with Gasteiger partial charge in [0.1, 0.15) is 12.3 Å². The first-order valence-electron chi connectivity index (χ1n) is 2.39. The molecule has 0 fully saturated rings. The Bertz CT molecular complexity index is 183. The van der Waals surface area contributed by atoms with E-state index in [0.29, 0.717) is 0 Å². The molecule has 1 aliphatic heterocycles. The quantitative estimate of drug-likeness (QED) is 0.564. The summed E-state index contributed by atoms with van der Waals surface area (Å²) in [5.74, 6) is -0.271. The summed E-state index contributed by atoms with van der Waals surface area (Å²) in [6.07, 6.45) is -3.69. The first-order chi connectivity index (χ1) is 4.58. The van der Waals surface area contributed by atoms with Gasteiger partial charge in [-0.2, -0.15) is 10.2 Å². The zero-order valence-corrected chi connectivity index (χ0v) is 4.72. The second-order valence-electron chi connectivity index (χ2n) is 1.56. The normalized spacial score (nSPS) is 17.3. The summed E-state index contributed by atoms with van der Waals surface area (Å²) in [4.78, 5) is 0. The van der Waals surface area contributed by atoms with E-state index >= 15 is 0 Å². The molecule has 0 spiro atoms. The van der Waals surface area contributed by atoms with Crippen LogP contribution in [0.5, 0.6) is 0 Å². The molecule has 0 aromatic heterocycles. The van der Waals surface area contributed by atoms with Crippen LogP contribution in [0.2, 0.25) is 0 Å². The molecule has 0 saturated carbocycles. The number of halogens is 3. The fourth-order valence-corrected chi connectivity index (χ4v) is 0.464. The van der Waals surface area contributed by atoms with Gasteiger partial charge in [-0.05, 0) is 0 Å². The van der Waals surface area contributed by atoms with E-state index in [1.165, 1.54) is 0 Å². The first kappa shape index (κ1) is 7.04. The van der Waals surface area contributed by atoms with E-state index in [0.717, 1.165) is 6.20 Å². The van der Waals surface area contributed by atoms with Crippen LogP contribution in [0.25, 0.3) is 0 Å². The van der Waals surface area contributed by atoms with Crippen LogP contribution in [0.1, 0.15) is 0 Å². The van der Waals surface area contributed by atoms with Crippen LogP contribution in [0.4, 0.5) is 13.2 Å². The van der Waals surface area contributed by atoms with Crippen molar-refractivity contribution >= 4 is 0 Å². The number of rotatable bonds is 1. The third kappa shape index (κ3) is 2.04. The van der Waals surface area contributed by atoms with Gasteiger partial charge in [0.2, 0.25) is 0 Å². The number of hydrogen-bond donors (Lipinski definition) is 0. The minimum atomic E-state index is -4.62. The van der Waals surface area contributed by atoms with Crippen molar-refractivity contribution in [1.29, 1.82) is 0 Å². The van der Waals surface area contributed by atoms with Crippen molar-refractivity contribution in [3.8, 4) is 0 Å². The van der Waals surface area contributed by atoms with E-state index in [4.69, 9.17) is 0 Å². The van der Waals surface area contributed by atoms with Gasteiger partial charge in [0.05, 0.1) is 6.20 Å². The molecule has 0 saturated heterocycles. The number of alkyl halides is 3. The van der Waals surface area contributed by atoms with Crippen molar-refractivity contribution < 1.29 is 17.9 Å². The van der Waals surface area contributed by atoms with E-state index in [1.54, 1.807) is 0 Å². The molecule has 0 amide bonds. The molecular formula is C4H3F3N2O. The summed E-state index contributed by atoms with van der Waals surface area (Å²) >= 11 is 0. The standard InChI is InChI=1S/C4H3F3N2O/c5-4(6,7)10-3-1-8-9-2-3/h1H,2H2. The second kappa shape index (κ2) is 2.28. The molecule has 6 heteroatoms. The van der Waals surface area contributed by atoms with E-state index in [-0.39, 0.29) is 12.3 Å². The molecule has 0 radical (unpaired) electrons. The molecule has 0 unspecified atom stereocenters. The van der Waals surface area contributed by atoms with Gasteiger partial charge in [0, 0.05) is 0 Å². The maximum atomic E-state index is 11.4. The van der Waals surface area contributed by atoms with Gasteiger partial charge in [-0.25, -0.2) is 0 Å². The Morgan fingerprint density at radius 2 is 2.20 bits per heavy atom. The Morgan fingerprint density at radius 3 is 2.60 bits per heavy atom. The van der Waals surface area contributed by atoms with Crippen LogP contribution in [-0.2, 0) is 4.74 Å². The van der Waals surface area contributed by atoms with Crippen LogP contribution in [0, 0.1) is 0 Å². The highest BCUT2D eigenvalue weighted by Crippen LogP contribution is 2.22. The van der Waals surface area contributed by atoms with E-state index in [9.17, 15) is 13.2 Å². The lowest BCUT2D eigenvalue weighted by Gasteiger charge is -2.06. The third-order valence-electron chi connectivity index (χ3n) is 0.757. The van der Waals surface area contributed by atoms with Crippen molar-refractivity contribution in [2.45, 2.75) is 6.36 Å². The molecular weight excluding hydrogens is 149 g/mol. The summed E-state index contributed by atoms with van der Waals surface area (Å²) in [5, 5.41) is 6.44. The highest BCUT2D eigenvalue weighted by atomic mass is 19.4. The summed E-state index contributed by atoms with van der Waals surface area (Å²) in [5.41, 5.74) is 0. The van der Waals surface area contributed by atoms with Crippen LogP contribution in [0.15, 0.2) is 22.2 Å². The Balaban J connectivity index is 2.41. The summed E-state index contributed by atoms with van der Waals surface area (Å²) in [7, 11) is 0. The minimum Gasteiger partial charge on any atom is -0.407 e. The fourth-order valence-electron chi connectivity index (χ4n) is 0.464. The predicted octanol–water partition coefficient (Wildman–Crippen LogP) is 1.83. The maximum Gasteiger partial charge on any atom is 0.572 e. The number of azo groups is 1. The number of hydrogen-bond acceptors (Lipinski definition) is 3. The zero-order valence-electron chi connectivity index (χ0n) is 4.72. The third-order valence-corrected chi connectivity index (χ3v) is 0.757. The lowest BCUT2D eigenvalue weighted by atomic mass is 10.6. The lowest BCUT2D eigenvalue weighted by Crippen LogP contribution is -2.13. The fraction of sp³-hybridized carbons (Fsp3) is 0.500. The van der Waals surface area contributed by atoms with Crippen LogP contribution in [0.3, 0.4) is 0 Å². The molecule has 10 heavy (non-hydrogen) atoms. The Labute approximate surface area is 54.2 Å². The van der Waals surface area contributed by atoms with Crippen molar-refractivity contribution in [1.82, 2.24) is 0 Å². The van der Waals surface area contributed by atoms with Gasteiger partial charge in [-0.15, -0.1) is 13.2 Å². The molecule has 0 aromatic rings. The van der Waals surface area contributed by atoms with Crippen LogP contribution in [-0.4, -0.2) is 12.9 Å². The van der Waals surface area contributed by atoms with Gasteiger partial charge in [0.25, 0.3) is 0 Å². The smallest absolute Gasteiger partial charge is 0.407 e. The molecule has 0 atom stereocenters. The molecule has 0 aromatic carbocycles. The lowest BCUT2D eigenvalue weighted by molar-refractivity contribution is -0.305. The summed E-state index contributed by atoms with van der Waals surface area (Å²) in [6.45, 7) is -0.125. The molecule has 1 aliphatic rings. The van der Waals surface area contributed by atoms with Crippen molar-refractivity contribution in [3.05, 3.63) is 12.0 Å². The molecule has 1 heterocycles. The molecule has 0 aliphatic carbocycles. The van der Waals surface area contributed by atoms with E-state index in [1.807, 2.05) is 0 Å². The van der Waals surface area contributed by atoms with E-state index in [2.05, 4.69) is 15.0 Å². The van der Waals surface area contributed by atoms with E-state index < -0.39 is 6.36 Å².